The summed E-state index contributed by atoms with van der Waals surface area (Å²) in [7, 11) is -0.479. The standard InChI is InChI=1S/C18H27O2Si/c1-17(15-20-21-13-6-3-7-14-21)9-8-12-19-16-18-10-4-2-5-11-18/h2,4-5,8-11,17H,3,6-7,12-16H2,1H3/b9-8-. The van der Waals surface area contributed by atoms with Crippen LogP contribution in [0.2, 0.25) is 12.1 Å². The first-order valence-electron chi connectivity index (χ1n) is 8.10. The van der Waals surface area contributed by atoms with Crippen LogP contribution < -0.4 is 0 Å². The Kier molecular flexibility index (Phi) is 7.79. The first-order valence-corrected chi connectivity index (χ1v) is 9.92. The number of hydrogen-bond acceptors (Lipinski definition) is 2. The minimum Gasteiger partial charge on any atom is -0.416 e. The van der Waals surface area contributed by atoms with E-state index in [1.54, 1.807) is 0 Å². The second-order valence-electron chi connectivity index (χ2n) is 5.82. The molecule has 1 aliphatic rings. The Morgan fingerprint density at radius 3 is 2.67 bits per heavy atom. The molecule has 1 unspecified atom stereocenters. The predicted molar refractivity (Wildman–Crippen MR) is 89.6 cm³/mol. The van der Waals surface area contributed by atoms with Crippen LogP contribution in [-0.4, -0.2) is 22.3 Å². The fraction of sp³-hybridized carbons (Fsp3) is 0.556. The molecule has 0 bridgehead atoms. The molecule has 3 heteroatoms. The van der Waals surface area contributed by atoms with Crippen LogP contribution in [0.1, 0.15) is 31.7 Å². The van der Waals surface area contributed by atoms with E-state index in [0.29, 0.717) is 19.1 Å². The van der Waals surface area contributed by atoms with Gasteiger partial charge in [0.15, 0.2) is 0 Å². The van der Waals surface area contributed by atoms with Crippen LogP contribution in [0.15, 0.2) is 42.5 Å². The van der Waals surface area contributed by atoms with Gasteiger partial charge >= 0.3 is 0 Å². The van der Waals surface area contributed by atoms with Gasteiger partial charge in [0.2, 0.25) is 9.04 Å². The van der Waals surface area contributed by atoms with Gasteiger partial charge in [-0.2, -0.15) is 0 Å². The lowest BCUT2D eigenvalue weighted by Crippen LogP contribution is -2.23. The molecule has 1 saturated heterocycles. The summed E-state index contributed by atoms with van der Waals surface area (Å²) in [6, 6.07) is 13.0. The zero-order valence-electron chi connectivity index (χ0n) is 13.1. The van der Waals surface area contributed by atoms with E-state index in [2.05, 4.69) is 31.2 Å². The van der Waals surface area contributed by atoms with Gasteiger partial charge < -0.3 is 9.16 Å². The molecule has 2 nitrogen and oxygen atoms in total. The number of rotatable bonds is 8. The van der Waals surface area contributed by atoms with Gasteiger partial charge in [-0.3, -0.25) is 0 Å². The van der Waals surface area contributed by atoms with Crippen molar-refractivity contribution in [2.24, 2.45) is 5.92 Å². The molecule has 1 aromatic carbocycles. The van der Waals surface area contributed by atoms with E-state index in [9.17, 15) is 0 Å². The molecule has 1 radical (unpaired) electrons. The summed E-state index contributed by atoms with van der Waals surface area (Å²) < 4.78 is 11.7. The largest absolute Gasteiger partial charge is 0.416 e. The van der Waals surface area contributed by atoms with E-state index in [0.717, 1.165) is 6.61 Å². The van der Waals surface area contributed by atoms with Gasteiger partial charge in [-0.05, 0) is 23.6 Å². The van der Waals surface area contributed by atoms with Crippen molar-refractivity contribution in [3.63, 3.8) is 0 Å². The lowest BCUT2D eigenvalue weighted by atomic mass is 10.2. The molecule has 1 fully saturated rings. The molecule has 115 valence electrons. The van der Waals surface area contributed by atoms with Crippen molar-refractivity contribution in [2.45, 2.75) is 44.9 Å². The smallest absolute Gasteiger partial charge is 0.211 e. The van der Waals surface area contributed by atoms with E-state index in [-0.39, 0.29) is 0 Å². The third kappa shape index (κ3) is 7.07. The molecule has 1 aliphatic heterocycles. The summed E-state index contributed by atoms with van der Waals surface area (Å²) in [5.74, 6) is 0.491. The van der Waals surface area contributed by atoms with Gasteiger partial charge in [-0.25, -0.2) is 0 Å². The van der Waals surface area contributed by atoms with Crippen LogP contribution in [0.25, 0.3) is 0 Å². The van der Waals surface area contributed by atoms with E-state index in [1.165, 1.54) is 36.9 Å². The molecule has 0 spiro atoms. The summed E-state index contributed by atoms with van der Waals surface area (Å²) in [5.41, 5.74) is 1.23. The van der Waals surface area contributed by atoms with Crippen LogP contribution in [0, 0.1) is 5.92 Å². The second-order valence-corrected chi connectivity index (χ2v) is 8.18. The third-order valence-electron chi connectivity index (χ3n) is 3.75. The summed E-state index contributed by atoms with van der Waals surface area (Å²) in [5, 5.41) is 0. The topological polar surface area (TPSA) is 18.5 Å². The average molecular weight is 303 g/mol. The van der Waals surface area contributed by atoms with Crippen molar-refractivity contribution in [3.05, 3.63) is 48.0 Å². The maximum absolute atomic E-state index is 6.08. The maximum Gasteiger partial charge on any atom is 0.211 e. The van der Waals surface area contributed by atoms with Crippen molar-refractivity contribution < 1.29 is 9.16 Å². The maximum atomic E-state index is 6.08. The minimum atomic E-state index is -0.479. The molecule has 0 aromatic heterocycles. The highest BCUT2D eigenvalue weighted by atomic mass is 28.3. The first-order chi connectivity index (χ1) is 10.3. The second kappa shape index (κ2) is 9.93. The summed E-state index contributed by atoms with van der Waals surface area (Å²) >= 11 is 0. The zero-order chi connectivity index (χ0) is 14.8. The number of benzene rings is 1. The van der Waals surface area contributed by atoms with Gasteiger partial charge in [0.05, 0.1) is 13.2 Å². The predicted octanol–water partition coefficient (Wildman–Crippen LogP) is 4.59. The number of ether oxygens (including phenoxy) is 1. The highest BCUT2D eigenvalue weighted by molar-refractivity contribution is 6.52. The minimum absolute atomic E-state index is 0.479. The van der Waals surface area contributed by atoms with E-state index < -0.39 is 9.04 Å². The molecule has 0 aliphatic carbocycles. The van der Waals surface area contributed by atoms with Gasteiger partial charge in [0.25, 0.3) is 0 Å². The Hall–Kier alpha value is -0.903. The molecular weight excluding hydrogens is 276 g/mol. The van der Waals surface area contributed by atoms with E-state index in [1.807, 2.05) is 18.2 Å². The first kappa shape index (κ1) is 16.5. The Morgan fingerprint density at radius 1 is 1.14 bits per heavy atom. The van der Waals surface area contributed by atoms with Crippen LogP contribution in [0.4, 0.5) is 0 Å². The van der Waals surface area contributed by atoms with Crippen LogP contribution in [0.3, 0.4) is 0 Å². The lowest BCUT2D eigenvalue weighted by Gasteiger charge is -2.20. The Balaban J connectivity index is 1.53. The van der Waals surface area contributed by atoms with Crippen molar-refractivity contribution in [1.82, 2.24) is 0 Å². The summed E-state index contributed by atoms with van der Waals surface area (Å²) in [6.07, 6.45) is 8.51. The molecular formula is C18H27O2Si. The van der Waals surface area contributed by atoms with Gasteiger partial charge in [0.1, 0.15) is 0 Å². The molecule has 21 heavy (non-hydrogen) atoms. The molecule has 0 amide bonds. The number of hydrogen-bond donors (Lipinski definition) is 0. The van der Waals surface area contributed by atoms with E-state index >= 15 is 0 Å². The monoisotopic (exact) mass is 303 g/mol. The van der Waals surface area contributed by atoms with Crippen LogP contribution in [-0.2, 0) is 15.8 Å². The van der Waals surface area contributed by atoms with Crippen molar-refractivity contribution in [1.29, 1.82) is 0 Å². The highest BCUT2D eigenvalue weighted by Crippen LogP contribution is 2.19. The average Bonchev–Trinajstić information content (AvgIpc) is 2.54. The molecule has 1 heterocycles. The Labute approximate surface area is 130 Å². The molecule has 0 N–H and O–H groups in total. The van der Waals surface area contributed by atoms with Crippen molar-refractivity contribution in [3.8, 4) is 0 Å². The van der Waals surface area contributed by atoms with Crippen molar-refractivity contribution >= 4 is 9.04 Å². The zero-order valence-corrected chi connectivity index (χ0v) is 14.1. The molecule has 1 atom stereocenters. The van der Waals surface area contributed by atoms with E-state index in [4.69, 9.17) is 9.16 Å². The van der Waals surface area contributed by atoms with Crippen molar-refractivity contribution in [2.75, 3.05) is 13.2 Å². The SMILES string of the molecule is CC(/C=C\COCc1ccccc1)CO[Si]1CCCCC1. The lowest BCUT2D eigenvalue weighted by molar-refractivity contribution is 0.148. The Bertz CT molecular complexity index is 399. The highest BCUT2D eigenvalue weighted by Gasteiger charge is 2.17. The van der Waals surface area contributed by atoms with Gasteiger partial charge in [-0.1, -0.05) is 68.7 Å². The Morgan fingerprint density at radius 2 is 1.90 bits per heavy atom. The molecule has 2 rings (SSSR count). The third-order valence-corrected chi connectivity index (χ3v) is 6.15. The summed E-state index contributed by atoms with van der Waals surface area (Å²) in [4.78, 5) is 0. The fourth-order valence-corrected chi connectivity index (χ4v) is 4.83. The molecule has 1 aromatic rings. The van der Waals surface area contributed by atoms with Crippen LogP contribution in [0.5, 0.6) is 0 Å². The normalized spacial score (nSPS) is 18.1. The van der Waals surface area contributed by atoms with Gasteiger partial charge in [0, 0.05) is 6.61 Å². The van der Waals surface area contributed by atoms with Crippen LogP contribution >= 0.6 is 0 Å². The molecule has 0 saturated carbocycles. The summed E-state index contributed by atoms with van der Waals surface area (Å²) in [6.45, 7) is 4.46. The quantitative estimate of drug-likeness (QED) is 0.397. The fourth-order valence-electron chi connectivity index (χ4n) is 2.50. The van der Waals surface area contributed by atoms with Gasteiger partial charge in [-0.15, -0.1) is 0 Å².